The SMILES string of the molecule is CC1[C@H](C(N)=O)OC(=O)N1c1cc(F)c2c(c1)CCC(=O)N2C. The summed E-state index contributed by atoms with van der Waals surface area (Å²) in [6.45, 7) is 1.60. The van der Waals surface area contributed by atoms with Gasteiger partial charge in [-0.15, -0.1) is 0 Å². The molecule has 7 nitrogen and oxygen atoms in total. The van der Waals surface area contributed by atoms with Gasteiger partial charge in [-0.1, -0.05) is 0 Å². The third kappa shape index (κ3) is 2.30. The van der Waals surface area contributed by atoms with E-state index < -0.39 is 30.0 Å². The first-order valence-corrected chi connectivity index (χ1v) is 7.19. The van der Waals surface area contributed by atoms with Crippen LogP contribution in [-0.4, -0.2) is 37.1 Å². The van der Waals surface area contributed by atoms with Gasteiger partial charge in [-0.05, 0) is 31.0 Å². The lowest BCUT2D eigenvalue weighted by Gasteiger charge is -2.28. The smallest absolute Gasteiger partial charge is 0.415 e. The van der Waals surface area contributed by atoms with Crippen molar-refractivity contribution in [1.82, 2.24) is 0 Å². The second-order valence-corrected chi connectivity index (χ2v) is 5.71. The Kier molecular flexibility index (Phi) is 3.46. The first kappa shape index (κ1) is 15.3. The van der Waals surface area contributed by atoms with Gasteiger partial charge >= 0.3 is 6.09 Å². The van der Waals surface area contributed by atoms with Gasteiger partial charge in [0.2, 0.25) is 12.0 Å². The van der Waals surface area contributed by atoms with Crippen LogP contribution >= 0.6 is 0 Å². The van der Waals surface area contributed by atoms with Gasteiger partial charge in [0, 0.05) is 13.5 Å². The van der Waals surface area contributed by atoms with E-state index in [1.165, 1.54) is 16.8 Å². The molecule has 0 saturated carbocycles. The van der Waals surface area contributed by atoms with Crippen LogP contribution in [0.2, 0.25) is 0 Å². The Balaban J connectivity index is 2.02. The summed E-state index contributed by atoms with van der Waals surface area (Å²) < 4.78 is 19.4. The summed E-state index contributed by atoms with van der Waals surface area (Å²) in [5.74, 6) is -1.51. The number of aryl methyl sites for hydroxylation is 1. The van der Waals surface area contributed by atoms with E-state index in [9.17, 15) is 18.8 Å². The zero-order valence-corrected chi connectivity index (χ0v) is 12.7. The number of ether oxygens (including phenoxy) is 1. The minimum atomic E-state index is -1.08. The molecule has 2 N–H and O–H groups in total. The first-order valence-electron chi connectivity index (χ1n) is 7.19. The summed E-state index contributed by atoms with van der Waals surface area (Å²) in [5, 5.41) is 0. The number of rotatable bonds is 2. The van der Waals surface area contributed by atoms with E-state index in [1.54, 1.807) is 13.0 Å². The molecule has 3 amide bonds. The molecule has 1 fully saturated rings. The summed E-state index contributed by atoms with van der Waals surface area (Å²) in [7, 11) is 1.51. The molecule has 122 valence electrons. The molecular weight excluding hydrogens is 305 g/mol. The molecule has 0 bridgehead atoms. The average molecular weight is 321 g/mol. The molecule has 2 aliphatic heterocycles. The van der Waals surface area contributed by atoms with Crippen molar-refractivity contribution < 1.29 is 23.5 Å². The molecule has 2 atom stereocenters. The Labute approximate surface area is 131 Å². The van der Waals surface area contributed by atoms with Crippen LogP contribution in [0.4, 0.5) is 20.6 Å². The van der Waals surface area contributed by atoms with Crippen molar-refractivity contribution in [3.05, 3.63) is 23.5 Å². The lowest BCUT2D eigenvalue weighted by molar-refractivity contribution is -0.125. The quantitative estimate of drug-likeness (QED) is 0.877. The number of hydrogen-bond donors (Lipinski definition) is 1. The number of nitrogens with two attached hydrogens (primary N) is 1. The third-order valence-electron chi connectivity index (χ3n) is 4.27. The number of benzene rings is 1. The van der Waals surface area contributed by atoms with Gasteiger partial charge in [0.25, 0.3) is 5.91 Å². The van der Waals surface area contributed by atoms with Gasteiger partial charge < -0.3 is 15.4 Å². The standard InChI is InChI=1S/C15H16FN3O4/c1-7-13(14(17)21)23-15(22)19(7)9-5-8-3-4-11(20)18(2)12(8)10(16)6-9/h5-7,13H,3-4H2,1-2H3,(H2,17,21)/t7?,13-/m1/s1. The fraction of sp³-hybridized carbons (Fsp3) is 0.400. The van der Waals surface area contributed by atoms with Crippen molar-refractivity contribution in [2.24, 2.45) is 5.73 Å². The minimum absolute atomic E-state index is 0.160. The van der Waals surface area contributed by atoms with Gasteiger partial charge in [-0.3, -0.25) is 14.5 Å². The van der Waals surface area contributed by atoms with E-state index in [-0.39, 0.29) is 23.7 Å². The number of amides is 3. The fourth-order valence-electron chi connectivity index (χ4n) is 3.08. The van der Waals surface area contributed by atoms with Crippen LogP contribution in [0.3, 0.4) is 0 Å². The van der Waals surface area contributed by atoms with Crippen molar-refractivity contribution in [3.8, 4) is 0 Å². The van der Waals surface area contributed by atoms with Gasteiger partial charge in [0.1, 0.15) is 5.82 Å². The molecular formula is C15H16FN3O4. The Morgan fingerprint density at radius 3 is 2.65 bits per heavy atom. The monoisotopic (exact) mass is 321 g/mol. The molecule has 8 heteroatoms. The van der Waals surface area contributed by atoms with E-state index in [0.29, 0.717) is 12.0 Å². The molecule has 0 spiro atoms. The highest BCUT2D eigenvalue weighted by Crippen LogP contribution is 2.36. The number of halogens is 1. The molecule has 2 heterocycles. The van der Waals surface area contributed by atoms with Crippen LogP contribution in [0, 0.1) is 5.82 Å². The summed E-state index contributed by atoms with van der Waals surface area (Å²) in [6, 6.07) is 2.16. The average Bonchev–Trinajstić information content (AvgIpc) is 2.77. The van der Waals surface area contributed by atoms with Crippen molar-refractivity contribution in [2.75, 3.05) is 16.8 Å². The zero-order valence-electron chi connectivity index (χ0n) is 12.7. The summed E-state index contributed by atoms with van der Waals surface area (Å²) in [4.78, 5) is 37.5. The number of carbonyl (C=O) groups excluding carboxylic acids is 3. The number of hydrogen-bond acceptors (Lipinski definition) is 4. The fourth-order valence-corrected chi connectivity index (χ4v) is 3.08. The number of nitrogens with zero attached hydrogens (tertiary/aromatic N) is 2. The van der Waals surface area contributed by atoms with Crippen LogP contribution in [0.25, 0.3) is 0 Å². The maximum atomic E-state index is 14.5. The van der Waals surface area contributed by atoms with Crippen LogP contribution in [0.5, 0.6) is 0 Å². The van der Waals surface area contributed by atoms with Crippen molar-refractivity contribution in [2.45, 2.75) is 31.9 Å². The van der Waals surface area contributed by atoms with Gasteiger partial charge in [-0.2, -0.15) is 0 Å². The van der Waals surface area contributed by atoms with Gasteiger partial charge in [0.15, 0.2) is 0 Å². The summed E-state index contributed by atoms with van der Waals surface area (Å²) in [5.41, 5.74) is 6.33. The second kappa shape index (κ2) is 5.22. The highest BCUT2D eigenvalue weighted by molar-refractivity contribution is 5.99. The number of fused-ring (bicyclic) bond motifs is 1. The van der Waals surface area contributed by atoms with Gasteiger partial charge in [0.05, 0.1) is 17.4 Å². The predicted molar refractivity (Wildman–Crippen MR) is 79.5 cm³/mol. The van der Waals surface area contributed by atoms with E-state index in [4.69, 9.17) is 10.5 Å². The van der Waals surface area contributed by atoms with Crippen LogP contribution in [0.1, 0.15) is 18.9 Å². The predicted octanol–water partition coefficient (Wildman–Crippen LogP) is 0.934. The molecule has 1 saturated heterocycles. The molecule has 0 aliphatic carbocycles. The maximum absolute atomic E-state index is 14.5. The largest absolute Gasteiger partial charge is 0.433 e. The molecule has 3 rings (SSSR count). The molecule has 1 unspecified atom stereocenters. The van der Waals surface area contributed by atoms with Crippen LogP contribution < -0.4 is 15.5 Å². The highest BCUT2D eigenvalue weighted by Gasteiger charge is 2.43. The van der Waals surface area contributed by atoms with Crippen molar-refractivity contribution in [1.29, 1.82) is 0 Å². The highest BCUT2D eigenvalue weighted by atomic mass is 19.1. The van der Waals surface area contributed by atoms with Crippen molar-refractivity contribution in [3.63, 3.8) is 0 Å². The molecule has 1 aromatic carbocycles. The molecule has 23 heavy (non-hydrogen) atoms. The van der Waals surface area contributed by atoms with E-state index in [1.807, 2.05) is 0 Å². The lowest BCUT2D eigenvalue weighted by atomic mass is 9.99. The first-order chi connectivity index (χ1) is 10.8. The number of cyclic esters (lactones) is 1. The number of anilines is 2. The third-order valence-corrected chi connectivity index (χ3v) is 4.27. The minimum Gasteiger partial charge on any atom is -0.433 e. The molecule has 1 aromatic rings. The van der Waals surface area contributed by atoms with Crippen molar-refractivity contribution >= 4 is 29.3 Å². The Morgan fingerprint density at radius 1 is 1.35 bits per heavy atom. The van der Waals surface area contributed by atoms with E-state index in [2.05, 4.69) is 0 Å². The lowest BCUT2D eigenvalue weighted by Crippen LogP contribution is -2.40. The Hall–Kier alpha value is -2.64. The summed E-state index contributed by atoms with van der Waals surface area (Å²) >= 11 is 0. The number of primary amides is 1. The van der Waals surface area contributed by atoms with Gasteiger partial charge in [-0.25, -0.2) is 9.18 Å². The summed E-state index contributed by atoms with van der Waals surface area (Å²) in [6.07, 6.45) is -1.16. The van der Waals surface area contributed by atoms with E-state index >= 15 is 0 Å². The molecule has 0 radical (unpaired) electrons. The normalized spacial score (nSPS) is 23.8. The molecule has 2 aliphatic rings. The second-order valence-electron chi connectivity index (χ2n) is 5.71. The number of carbonyl (C=O) groups is 3. The van der Waals surface area contributed by atoms with Crippen LogP contribution in [-0.2, 0) is 20.7 Å². The topological polar surface area (TPSA) is 92.9 Å². The Bertz CT molecular complexity index is 721. The zero-order chi connectivity index (χ0) is 16.9. The van der Waals surface area contributed by atoms with E-state index in [0.717, 1.165) is 6.07 Å². The van der Waals surface area contributed by atoms with Crippen LogP contribution in [0.15, 0.2) is 12.1 Å². The Morgan fingerprint density at radius 2 is 2.04 bits per heavy atom. The molecule has 0 aromatic heterocycles. The maximum Gasteiger partial charge on any atom is 0.415 e.